The van der Waals surface area contributed by atoms with Gasteiger partial charge in [-0.2, -0.15) is 16.8 Å². The second kappa shape index (κ2) is 13.7. The standard InChI is InChI=1S/C7H16O4S.C7H14O4S/c2*1-3-7(5-4-6-8)11-12(2,9)10/h7-8H,3-6H2,1-2H3;6-7H,3-5H2,1-2H3. The van der Waals surface area contributed by atoms with Crippen LogP contribution in [0.1, 0.15) is 52.4 Å². The van der Waals surface area contributed by atoms with Gasteiger partial charge in [-0.25, -0.2) is 0 Å². The maximum Gasteiger partial charge on any atom is 0.264 e. The van der Waals surface area contributed by atoms with Gasteiger partial charge >= 0.3 is 0 Å². The fraction of sp³-hybridized carbons (Fsp3) is 0.929. The van der Waals surface area contributed by atoms with E-state index < -0.39 is 20.2 Å². The first kappa shape index (κ1) is 25.7. The molecule has 0 spiro atoms. The zero-order chi connectivity index (χ0) is 19.2. The van der Waals surface area contributed by atoms with Gasteiger partial charge in [-0.1, -0.05) is 13.8 Å². The Hall–Kier alpha value is -0.550. The fourth-order valence-electron chi connectivity index (χ4n) is 1.71. The van der Waals surface area contributed by atoms with E-state index in [0.29, 0.717) is 38.5 Å². The lowest BCUT2D eigenvalue weighted by atomic mass is 10.2. The first-order valence-electron chi connectivity index (χ1n) is 7.80. The summed E-state index contributed by atoms with van der Waals surface area (Å²) in [5.74, 6) is 0. The minimum atomic E-state index is -3.38. The molecule has 0 amide bonds. The van der Waals surface area contributed by atoms with Gasteiger partial charge in [0.05, 0.1) is 24.7 Å². The lowest BCUT2D eigenvalue weighted by Gasteiger charge is -2.12. The van der Waals surface area contributed by atoms with Crippen LogP contribution in [-0.4, -0.2) is 59.6 Å². The van der Waals surface area contributed by atoms with Gasteiger partial charge in [0, 0.05) is 13.0 Å². The van der Waals surface area contributed by atoms with Crippen LogP contribution in [0.4, 0.5) is 0 Å². The molecule has 2 atom stereocenters. The van der Waals surface area contributed by atoms with E-state index >= 15 is 0 Å². The number of hydrogen-bond donors (Lipinski definition) is 1. The Kier molecular flexibility index (Phi) is 14.7. The van der Waals surface area contributed by atoms with Crippen molar-refractivity contribution in [3.8, 4) is 0 Å². The van der Waals surface area contributed by atoms with E-state index in [9.17, 15) is 21.6 Å². The molecule has 0 aliphatic rings. The molecule has 146 valence electrons. The zero-order valence-electron chi connectivity index (χ0n) is 14.8. The monoisotopic (exact) mass is 390 g/mol. The molecular weight excluding hydrogens is 360 g/mol. The lowest BCUT2D eigenvalue weighted by molar-refractivity contribution is -0.108. The van der Waals surface area contributed by atoms with Crippen LogP contribution in [0.5, 0.6) is 0 Å². The Bertz CT molecular complexity index is 513. The molecule has 0 saturated heterocycles. The molecule has 2 unspecified atom stereocenters. The number of aliphatic hydroxyl groups excluding tert-OH is 1. The first-order chi connectivity index (χ1) is 11.0. The summed E-state index contributed by atoms with van der Waals surface area (Å²) in [6.07, 6.45) is 5.38. The highest BCUT2D eigenvalue weighted by Gasteiger charge is 2.13. The van der Waals surface area contributed by atoms with Crippen molar-refractivity contribution in [3.05, 3.63) is 0 Å². The van der Waals surface area contributed by atoms with E-state index in [1.54, 1.807) is 0 Å². The van der Waals surface area contributed by atoms with Crippen molar-refractivity contribution in [1.29, 1.82) is 0 Å². The van der Waals surface area contributed by atoms with E-state index in [1.807, 2.05) is 13.8 Å². The van der Waals surface area contributed by atoms with Crippen molar-refractivity contribution < 1.29 is 35.1 Å². The van der Waals surface area contributed by atoms with Gasteiger partial charge in [-0.15, -0.1) is 0 Å². The van der Waals surface area contributed by atoms with Crippen LogP contribution in [0.25, 0.3) is 0 Å². The third-order valence-corrected chi connectivity index (χ3v) is 4.07. The van der Waals surface area contributed by atoms with E-state index in [0.717, 1.165) is 18.8 Å². The van der Waals surface area contributed by atoms with E-state index in [4.69, 9.17) is 13.5 Å². The molecule has 0 bridgehead atoms. The van der Waals surface area contributed by atoms with Crippen LogP contribution in [-0.2, 0) is 33.4 Å². The molecule has 0 saturated carbocycles. The molecular formula is C14H30O8S2. The molecule has 0 radical (unpaired) electrons. The van der Waals surface area contributed by atoms with E-state index in [2.05, 4.69) is 0 Å². The van der Waals surface area contributed by atoms with Crippen LogP contribution in [0.2, 0.25) is 0 Å². The lowest BCUT2D eigenvalue weighted by Crippen LogP contribution is -2.16. The van der Waals surface area contributed by atoms with Gasteiger partial charge in [-0.3, -0.25) is 8.37 Å². The topological polar surface area (TPSA) is 124 Å². The Morgan fingerprint density at radius 1 is 0.917 bits per heavy atom. The summed E-state index contributed by atoms with van der Waals surface area (Å²) in [6, 6.07) is 0. The largest absolute Gasteiger partial charge is 0.396 e. The smallest absolute Gasteiger partial charge is 0.264 e. The molecule has 24 heavy (non-hydrogen) atoms. The molecule has 0 aromatic carbocycles. The summed E-state index contributed by atoms with van der Waals surface area (Å²) < 4.78 is 52.1. The van der Waals surface area contributed by atoms with E-state index in [1.165, 1.54) is 0 Å². The second-order valence-electron chi connectivity index (χ2n) is 5.27. The van der Waals surface area contributed by atoms with Crippen LogP contribution in [0.3, 0.4) is 0 Å². The molecule has 10 heteroatoms. The SMILES string of the molecule is CCC(CCC=O)OS(C)(=O)=O.CCC(CCCO)OS(C)(=O)=O. The number of aliphatic hydroxyl groups is 1. The highest BCUT2D eigenvalue weighted by molar-refractivity contribution is 7.86. The predicted octanol–water partition coefficient (Wildman–Crippen LogP) is 1.23. The molecule has 0 aromatic heterocycles. The molecule has 1 N–H and O–H groups in total. The quantitative estimate of drug-likeness (QED) is 0.390. The summed E-state index contributed by atoms with van der Waals surface area (Å²) in [5.41, 5.74) is 0. The Labute approximate surface area is 145 Å². The number of carbonyl (C=O) groups is 1. The summed E-state index contributed by atoms with van der Waals surface area (Å²) in [5, 5.41) is 8.50. The van der Waals surface area contributed by atoms with Crippen molar-refractivity contribution in [2.45, 2.75) is 64.6 Å². The predicted molar refractivity (Wildman–Crippen MR) is 91.6 cm³/mol. The molecule has 0 aliphatic carbocycles. The summed E-state index contributed by atoms with van der Waals surface area (Å²) in [7, 11) is -6.73. The van der Waals surface area contributed by atoms with Gasteiger partial charge < -0.3 is 9.90 Å². The van der Waals surface area contributed by atoms with Crippen LogP contribution in [0.15, 0.2) is 0 Å². The van der Waals surface area contributed by atoms with Crippen molar-refractivity contribution in [2.24, 2.45) is 0 Å². The van der Waals surface area contributed by atoms with Crippen molar-refractivity contribution in [2.75, 3.05) is 19.1 Å². The molecule has 8 nitrogen and oxygen atoms in total. The molecule has 0 fully saturated rings. The van der Waals surface area contributed by atoms with Gasteiger partial charge in [0.25, 0.3) is 20.2 Å². The average molecular weight is 391 g/mol. The average Bonchev–Trinajstić information content (AvgIpc) is 2.46. The maximum absolute atomic E-state index is 10.7. The number of aldehydes is 1. The van der Waals surface area contributed by atoms with Gasteiger partial charge in [0.2, 0.25) is 0 Å². The summed E-state index contributed by atoms with van der Waals surface area (Å²) >= 11 is 0. The van der Waals surface area contributed by atoms with Crippen LogP contribution >= 0.6 is 0 Å². The van der Waals surface area contributed by atoms with Gasteiger partial charge in [0.15, 0.2) is 0 Å². The number of hydrogen-bond acceptors (Lipinski definition) is 8. The van der Waals surface area contributed by atoms with Gasteiger partial charge in [-0.05, 0) is 32.1 Å². The zero-order valence-corrected chi connectivity index (χ0v) is 16.4. The van der Waals surface area contributed by atoms with Crippen LogP contribution in [0, 0.1) is 0 Å². The molecule has 0 aliphatic heterocycles. The van der Waals surface area contributed by atoms with Crippen molar-refractivity contribution in [1.82, 2.24) is 0 Å². The van der Waals surface area contributed by atoms with Gasteiger partial charge in [0.1, 0.15) is 6.29 Å². The van der Waals surface area contributed by atoms with Crippen molar-refractivity contribution in [3.63, 3.8) is 0 Å². The Morgan fingerprint density at radius 2 is 1.33 bits per heavy atom. The highest BCUT2D eigenvalue weighted by Crippen LogP contribution is 2.09. The Morgan fingerprint density at radius 3 is 1.62 bits per heavy atom. The van der Waals surface area contributed by atoms with E-state index in [-0.39, 0.29) is 18.8 Å². The first-order valence-corrected chi connectivity index (χ1v) is 11.4. The molecule has 0 heterocycles. The summed E-state index contributed by atoms with van der Waals surface area (Å²) in [6.45, 7) is 3.75. The van der Waals surface area contributed by atoms with Crippen molar-refractivity contribution >= 4 is 26.5 Å². The number of carbonyl (C=O) groups excluding carboxylic acids is 1. The fourth-order valence-corrected chi connectivity index (χ4v) is 3.16. The molecule has 0 rings (SSSR count). The normalized spacial score (nSPS) is 14.4. The minimum absolute atomic E-state index is 0.0730. The highest BCUT2D eigenvalue weighted by atomic mass is 32.2. The second-order valence-corrected chi connectivity index (χ2v) is 8.47. The number of rotatable bonds is 12. The maximum atomic E-state index is 10.7. The van der Waals surface area contributed by atoms with Crippen LogP contribution < -0.4 is 0 Å². The Balaban J connectivity index is 0. The third kappa shape index (κ3) is 19.5. The molecule has 0 aromatic rings. The minimum Gasteiger partial charge on any atom is -0.396 e. The summed E-state index contributed by atoms with van der Waals surface area (Å²) in [4.78, 5) is 9.99. The third-order valence-electron chi connectivity index (χ3n) is 2.82.